The summed E-state index contributed by atoms with van der Waals surface area (Å²) in [6.45, 7) is 5.95. The number of hydrogen-bond acceptors (Lipinski definition) is 6. The first-order chi connectivity index (χ1) is 16.9. The van der Waals surface area contributed by atoms with Gasteiger partial charge in [0.2, 0.25) is 5.91 Å². The summed E-state index contributed by atoms with van der Waals surface area (Å²) in [5.74, 6) is -1.57. The molecule has 1 aliphatic heterocycles. The Balaban J connectivity index is 1.98. The molecule has 4 rings (SSSR count). The first kappa shape index (κ1) is 25.7. The molecule has 1 aromatic carbocycles. The van der Waals surface area contributed by atoms with Crippen LogP contribution in [0.25, 0.3) is 16.6 Å². The molecule has 1 amide bonds. The standard InChI is InChI=1S/C22H18Cl2F4N6O2/c1-3-15(35)32-4-5-33(10(2)8-32)20-11-6-14(22(26,27)28)34(21(36)18(11)30-9-31-20)19-16(25)12(23)7-13(24)17(19)29/h3,6-7,9-10H,1,4-5,8,29H2,2H3/t10-/m0/s1. The van der Waals surface area contributed by atoms with E-state index < -0.39 is 45.2 Å². The van der Waals surface area contributed by atoms with Gasteiger partial charge in [-0.1, -0.05) is 29.8 Å². The van der Waals surface area contributed by atoms with Gasteiger partial charge in [0.25, 0.3) is 5.56 Å². The Hall–Kier alpha value is -3.38. The van der Waals surface area contributed by atoms with Crippen LogP contribution in [-0.4, -0.2) is 51.0 Å². The van der Waals surface area contributed by atoms with Crippen molar-refractivity contribution in [3.63, 3.8) is 0 Å². The summed E-state index contributed by atoms with van der Waals surface area (Å²) in [5.41, 5.74) is 1.04. The van der Waals surface area contributed by atoms with Gasteiger partial charge in [-0.15, -0.1) is 0 Å². The largest absolute Gasteiger partial charge is 0.431 e. The minimum Gasteiger partial charge on any atom is -0.396 e. The van der Waals surface area contributed by atoms with Crippen molar-refractivity contribution in [3.8, 4) is 5.69 Å². The molecule has 0 saturated carbocycles. The van der Waals surface area contributed by atoms with Gasteiger partial charge in [0.05, 0.1) is 21.1 Å². The molecular formula is C22H18Cl2F4N6O2. The van der Waals surface area contributed by atoms with Gasteiger partial charge in [0, 0.05) is 25.7 Å². The Bertz CT molecular complexity index is 1430. The number of halogens is 6. The van der Waals surface area contributed by atoms with E-state index in [1.54, 1.807) is 16.7 Å². The number of rotatable bonds is 3. The number of pyridine rings is 1. The molecule has 0 radical (unpaired) electrons. The molecule has 2 N–H and O–H groups in total. The van der Waals surface area contributed by atoms with Gasteiger partial charge in [-0.3, -0.25) is 14.2 Å². The maximum Gasteiger partial charge on any atom is 0.431 e. The van der Waals surface area contributed by atoms with Gasteiger partial charge < -0.3 is 15.5 Å². The molecule has 36 heavy (non-hydrogen) atoms. The monoisotopic (exact) mass is 544 g/mol. The van der Waals surface area contributed by atoms with Crippen LogP contribution in [-0.2, 0) is 11.0 Å². The minimum absolute atomic E-state index is 0.0607. The zero-order valence-corrected chi connectivity index (χ0v) is 20.1. The number of anilines is 2. The van der Waals surface area contributed by atoms with Gasteiger partial charge in [0.1, 0.15) is 29.0 Å². The Morgan fingerprint density at radius 3 is 2.53 bits per heavy atom. The smallest absolute Gasteiger partial charge is 0.396 e. The van der Waals surface area contributed by atoms with Crippen LogP contribution in [0.1, 0.15) is 12.6 Å². The highest BCUT2D eigenvalue weighted by atomic mass is 35.5. The summed E-state index contributed by atoms with van der Waals surface area (Å²) in [6, 6.07) is 1.22. The molecular weight excluding hydrogens is 527 g/mol. The molecule has 2 aromatic heterocycles. The van der Waals surface area contributed by atoms with Crippen molar-refractivity contribution in [2.45, 2.75) is 19.1 Å². The van der Waals surface area contributed by atoms with Crippen LogP contribution in [0.5, 0.6) is 0 Å². The number of nitrogen functional groups attached to an aromatic ring is 1. The summed E-state index contributed by atoms with van der Waals surface area (Å²) in [5, 5.41) is -1.15. The predicted octanol–water partition coefficient (Wildman–Crippen LogP) is 4.05. The summed E-state index contributed by atoms with van der Waals surface area (Å²) < 4.78 is 57.7. The molecule has 3 heterocycles. The molecule has 0 aliphatic carbocycles. The second kappa shape index (κ2) is 9.25. The highest BCUT2D eigenvalue weighted by Gasteiger charge is 2.38. The first-order valence-corrected chi connectivity index (χ1v) is 11.2. The number of carbonyl (C=O) groups excluding carboxylic acids is 1. The summed E-state index contributed by atoms with van der Waals surface area (Å²) >= 11 is 11.7. The van der Waals surface area contributed by atoms with E-state index in [-0.39, 0.29) is 52.4 Å². The van der Waals surface area contributed by atoms with Gasteiger partial charge in [-0.05, 0) is 25.1 Å². The van der Waals surface area contributed by atoms with Gasteiger partial charge >= 0.3 is 6.18 Å². The van der Waals surface area contributed by atoms with Crippen LogP contribution in [0.2, 0.25) is 10.0 Å². The number of piperazine rings is 1. The molecule has 1 aliphatic rings. The average molecular weight is 545 g/mol. The summed E-state index contributed by atoms with van der Waals surface area (Å²) in [6.07, 6.45) is -2.92. The fraction of sp³-hybridized carbons (Fsp3) is 0.273. The van der Waals surface area contributed by atoms with Crippen LogP contribution in [0.15, 0.2) is 35.9 Å². The van der Waals surface area contributed by atoms with Crippen molar-refractivity contribution in [1.82, 2.24) is 19.4 Å². The van der Waals surface area contributed by atoms with E-state index in [1.165, 1.54) is 6.08 Å². The van der Waals surface area contributed by atoms with Crippen LogP contribution < -0.4 is 16.2 Å². The number of aromatic nitrogens is 3. The van der Waals surface area contributed by atoms with E-state index in [0.717, 1.165) is 12.4 Å². The molecule has 8 nitrogen and oxygen atoms in total. The number of amides is 1. The van der Waals surface area contributed by atoms with E-state index in [9.17, 15) is 27.2 Å². The van der Waals surface area contributed by atoms with E-state index in [2.05, 4.69) is 16.5 Å². The van der Waals surface area contributed by atoms with E-state index in [0.29, 0.717) is 6.07 Å². The maximum absolute atomic E-state index is 15.0. The fourth-order valence-electron chi connectivity index (χ4n) is 4.18. The zero-order chi connectivity index (χ0) is 26.5. The molecule has 1 saturated heterocycles. The van der Waals surface area contributed by atoms with Crippen molar-refractivity contribution in [2.24, 2.45) is 0 Å². The van der Waals surface area contributed by atoms with Crippen molar-refractivity contribution in [1.29, 1.82) is 0 Å². The molecule has 1 fully saturated rings. The van der Waals surface area contributed by atoms with Crippen molar-refractivity contribution >= 4 is 51.5 Å². The lowest BCUT2D eigenvalue weighted by Gasteiger charge is -2.40. The number of nitrogens with zero attached hydrogens (tertiary/aromatic N) is 5. The molecule has 1 atom stereocenters. The zero-order valence-electron chi connectivity index (χ0n) is 18.6. The van der Waals surface area contributed by atoms with E-state index in [1.807, 2.05) is 0 Å². The first-order valence-electron chi connectivity index (χ1n) is 10.5. The molecule has 0 unspecified atom stereocenters. The second-order valence-corrected chi connectivity index (χ2v) is 8.89. The molecule has 3 aromatic rings. The van der Waals surface area contributed by atoms with Gasteiger partial charge in [-0.25, -0.2) is 14.4 Å². The number of hydrogen-bond donors (Lipinski definition) is 1. The molecule has 0 bridgehead atoms. The Kier molecular flexibility index (Phi) is 6.60. The third-order valence-corrected chi connectivity index (χ3v) is 6.46. The number of fused-ring (bicyclic) bond motifs is 1. The highest BCUT2D eigenvalue weighted by molar-refractivity contribution is 6.37. The molecule has 190 valence electrons. The van der Waals surface area contributed by atoms with Crippen LogP contribution in [0.3, 0.4) is 0 Å². The van der Waals surface area contributed by atoms with E-state index >= 15 is 0 Å². The van der Waals surface area contributed by atoms with E-state index in [4.69, 9.17) is 28.9 Å². The SMILES string of the molecule is C=CC(=O)N1CCN(c2ncnc3c(=O)n(-c4c(N)c(Cl)cc(Cl)c4F)c(C(F)(F)F)cc23)[C@@H](C)C1. The lowest BCUT2D eigenvalue weighted by atomic mass is 10.1. The maximum atomic E-state index is 15.0. The summed E-state index contributed by atoms with van der Waals surface area (Å²) in [4.78, 5) is 36.6. The highest BCUT2D eigenvalue weighted by Crippen LogP contribution is 2.39. The van der Waals surface area contributed by atoms with Gasteiger partial charge in [-0.2, -0.15) is 13.2 Å². The molecule has 0 spiro atoms. The predicted molar refractivity (Wildman–Crippen MR) is 128 cm³/mol. The quantitative estimate of drug-likeness (QED) is 0.231. The Labute approximate surface area is 211 Å². The Morgan fingerprint density at radius 2 is 1.92 bits per heavy atom. The number of carbonyl (C=O) groups is 1. The van der Waals surface area contributed by atoms with Crippen LogP contribution >= 0.6 is 23.2 Å². The van der Waals surface area contributed by atoms with Crippen LogP contribution in [0.4, 0.5) is 29.1 Å². The number of benzene rings is 1. The second-order valence-electron chi connectivity index (χ2n) is 8.07. The average Bonchev–Trinajstić information content (AvgIpc) is 2.82. The van der Waals surface area contributed by atoms with Crippen molar-refractivity contribution < 1.29 is 22.4 Å². The normalized spacial score (nSPS) is 16.5. The third kappa shape index (κ3) is 4.24. The third-order valence-electron chi connectivity index (χ3n) is 5.87. The minimum atomic E-state index is -5.12. The number of alkyl halides is 3. The lowest BCUT2D eigenvalue weighted by Crippen LogP contribution is -2.53. The van der Waals surface area contributed by atoms with Gasteiger partial charge in [0.15, 0.2) is 5.82 Å². The fourth-order valence-corrected chi connectivity index (χ4v) is 4.64. The topological polar surface area (TPSA) is 97.4 Å². The van der Waals surface area contributed by atoms with Crippen LogP contribution in [0, 0.1) is 5.82 Å². The summed E-state index contributed by atoms with van der Waals surface area (Å²) in [7, 11) is 0. The number of nitrogens with two attached hydrogens (primary N) is 1. The van der Waals surface area contributed by atoms with Crippen molar-refractivity contribution in [2.75, 3.05) is 30.3 Å². The lowest BCUT2D eigenvalue weighted by molar-refractivity contribution is -0.142. The van der Waals surface area contributed by atoms with Crippen molar-refractivity contribution in [3.05, 3.63) is 63.0 Å². The molecule has 14 heteroatoms. The Morgan fingerprint density at radius 1 is 1.22 bits per heavy atom.